The lowest BCUT2D eigenvalue weighted by atomic mass is 10.2. The van der Waals surface area contributed by atoms with E-state index >= 15 is 0 Å². The SMILES string of the molecule is Fc1ccc(Br)cc1OCc1cccc(F)c1F. The van der Waals surface area contributed by atoms with Gasteiger partial charge in [-0.25, -0.2) is 13.2 Å². The molecule has 0 radical (unpaired) electrons. The third-order valence-corrected chi connectivity index (χ3v) is 2.80. The van der Waals surface area contributed by atoms with E-state index in [1.165, 1.54) is 30.3 Å². The van der Waals surface area contributed by atoms with E-state index in [0.29, 0.717) is 4.47 Å². The molecule has 18 heavy (non-hydrogen) atoms. The smallest absolute Gasteiger partial charge is 0.165 e. The maximum atomic E-state index is 13.3. The van der Waals surface area contributed by atoms with Crippen molar-refractivity contribution < 1.29 is 17.9 Å². The lowest BCUT2D eigenvalue weighted by Crippen LogP contribution is -2.01. The van der Waals surface area contributed by atoms with Gasteiger partial charge in [0.1, 0.15) is 6.61 Å². The molecule has 0 fully saturated rings. The Morgan fingerprint density at radius 3 is 2.56 bits per heavy atom. The molecule has 5 heteroatoms. The first-order chi connectivity index (χ1) is 8.58. The minimum Gasteiger partial charge on any atom is -0.486 e. The molecule has 0 saturated heterocycles. The molecule has 0 N–H and O–H groups in total. The van der Waals surface area contributed by atoms with Crippen LogP contribution in [0.2, 0.25) is 0 Å². The summed E-state index contributed by atoms with van der Waals surface area (Å²) in [5.74, 6) is -2.51. The number of hydrogen-bond donors (Lipinski definition) is 0. The molecule has 0 aliphatic carbocycles. The van der Waals surface area contributed by atoms with Crippen LogP contribution in [0.5, 0.6) is 5.75 Å². The van der Waals surface area contributed by atoms with Gasteiger partial charge in [0.15, 0.2) is 23.2 Å². The lowest BCUT2D eigenvalue weighted by Gasteiger charge is -2.08. The van der Waals surface area contributed by atoms with Gasteiger partial charge in [-0.2, -0.15) is 0 Å². The topological polar surface area (TPSA) is 9.23 Å². The standard InChI is InChI=1S/C13H8BrF3O/c14-9-4-5-10(15)12(6-9)18-7-8-2-1-3-11(16)13(8)17/h1-6H,7H2. The molecular weight excluding hydrogens is 309 g/mol. The number of ether oxygens (including phenoxy) is 1. The van der Waals surface area contributed by atoms with Crippen molar-refractivity contribution in [3.8, 4) is 5.75 Å². The fourth-order valence-corrected chi connectivity index (χ4v) is 1.74. The minimum absolute atomic E-state index is 0.0203. The van der Waals surface area contributed by atoms with Crippen molar-refractivity contribution >= 4 is 15.9 Å². The van der Waals surface area contributed by atoms with Crippen LogP contribution in [0.1, 0.15) is 5.56 Å². The average Bonchev–Trinajstić information content (AvgIpc) is 2.35. The van der Waals surface area contributed by atoms with Crippen molar-refractivity contribution in [1.82, 2.24) is 0 Å². The van der Waals surface area contributed by atoms with Crippen molar-refractivity contribution in [1.29, 1.82) is 0 Å². The van der Waals surface area contributed by atoms with E-state index in [1.54, 1.807) is 0 Å². The van der Waals surface area contributed by atoms with Gasteiger partial charge in [-0.15, -0.1) is 0 Å². The van der Waals surface area contributed by atoms with Gasteiger partial charge in [0.2, 0.25) is 0 Å². The molecule has 0 spiro atoms. The van der Waals surface area contributed by atoms with Crippen LogP contribution in [-0.2, 0) is 6.61 Å². The van der Waals surface area contributed by atoms with Gasteiger partial charge in [-0.3, -0.25) is 0 Å². The van der Waals surface area contributed by atoms with Gasteiger partial charge in [0.05, 0.1) is 0 Å². The van der Waals surface area contributed by atoms with Gasteiger partial charge in [-0.1, -0.05) is 28.1 Å². The van der Waals surface area contributed by atoms with E-state index in [2.05, 4.69) is 15.9 Å². The summed E-state index contributed by atoms with van der Waals surface area (Å²) in [6.45, 7) is -0.239. The fourth-order valence-electron chi connectivity index (χ4n) is 1.40. The Morgan fingerprint density at radius 2 is 1.78 bits per heavy atom. The summed E-state index contributed by atoms with van der Waals surface area (Å²) in [5.41, 5.74) is 0.0365. The minimum atomic E-state index is -0.979. The number of hydrogen-bond acceptors (Lipinski definition) is 1. The van der Waals surface area contributed by atoms with Crippen LogP contribution in [0.3, 0.4) is 0 Å². The molecule has 0 aliphatic heterocycles. The van der Waals surface area contributed by atoms with Crippen LogP contribution in [-0.4, -0.2) is 0 Å². The summed E-state index contributed by atoms with van der Waals surface area (Å²) in [4.78, 5) is 0. The molecule has 2 aromatic carbocycles. The Morgan fingerprint density at radius 1 is 1.00 bits per heavy atom. The van der Waals surface area contributed by atoms with E-state index in [4.69, 9.17) is 4.74 Å². The van der Waals surface area contributed by atoms with Crippen molar-refractivity contribution in [3.05, 3.63) is 63.9 Å². The highest BCUT2D eigenvalue weighted by atomic mass is 79.9. The van der Waals surface area contributed by atoms with Crippen LogP contribution < -0.4 is 4.74 Å². The second kappa shape index (κ2) is 5.44. The van der Waals surface area contributed by atoms with Crippen molar-refractivity contribution in [2.45, 2.75) is 6.61 Å². The van der Waals surface area contributed by atoms with Crippen LogP contribution in [0.25, 0.3) is 0 Å². The monoisotopic (exact) mass is 316 g/mol. The van der Waals surface area contributed by atoms with Gasteiger partial charge in [0, 0.05) is 10.0 Å². The first-order valence-corrected chi connectivity index (χ1v) is 5.88. The summed E-state index contributed by atoms with van der Waals surface area (Å²) in [5, 5.41) is 0. The first kappa shape index (κ1) is 13.0. The van der Waals surface area contributed by atoms with Gasteiger partial charge in [-0.05, 0) is 24.3 Å². The molecule has 0 heterocycles. The van der Waals surface area contributed by atoms with Crippen LogP contribution >= 0.6 is 15.9 Å². The zero-order valence-electron chi connectivity index (χ0n) is 9.09. The third kappa shape index (κ3) is 2.85. The quantitative estimate of drug-likeness (QED) is 0.813. The van der Waals surface area contributed by atoms with Crippen molar-refractivity contribution in [2.24, 2.45) is 0 Å². The molecule has 1 nitrogen and oxygen atoms in total. The van der Waals surface area contributed by atoms with E-state index in [0.717, 1.165) is 6.07 Å². The molecule has 0 atom stereocenters. The molecule has 94 valence electrons. The van der Waals surface area contributed by atoms with Gasteiger partial charge >= 0.3 is 0 Å². The number of halogens is 4. The van der Waals surface area contributed by atoms with Crippen molar-refractivity contribution in [2.75, 3.05) is 0 Å². The summed E-state index contributed by atoms with van der Waals surface area (Å²) >= 11 is 3.17. The Hall–Kier alpha value is -1.49. The summed E-state index contributed by atoms with van der Waals surface area (Å²) in [6, 6.07) is 7.93. The maximum Gasteiger partial charge on any atom is 0.165 e. The largest absolute Gasteiger partial charge is 0.486 e. The predicted octanol–water partition coefficient (Wildman–Crippen LogP) is 4.45. The fraction of sp³-hybridized carbons (Fsp3) is 0.0769. The lowest BCUT2D eigenvalue weighted by molar-refractivity contribution is 0.282. The predicted molar refractivity (Wildman–Crippen MR) is 64.8 cm³/mol. The summed E-state index contributed by atoms with van der Waals surface area (Å²) in [7, 11) is 0. The van der Waals surface area contributed by atoms with Gasteiger partial charge in [0.25, 0.3) is 0 Å². The zero-order chi connectivity index (χ0) is 13.1. The van der Waals surface area contributed by atoms with Crippen LogP contribution in [0.15, 0.2) is 40.9 Å². The highest BCUT2D eigenvalue weighted by molar-refractivity contribution is 9.10. The maximum absolute atomic E-state index is 13.3. The molecule has 0 aliphatic rings. The Bertz CT molecular complexity index is 570. The van der Waals surface area contributed by atoms with Crippen LogP contribution in [0, 0.1) is 17.5 Å². The Kier molecular flexibility index (Phi) is 3.91. The van der Waals surface area contributed by atoms with Crippen molar-refractivity contribution in [3.63, 3.8) is 0 Å². The Labute approximate surface area is 110 Å². The van der Waals surface area contributed by atoms with E-state index < -0.39 is 17.5 Å². The zero-order valence-corrected chi connectivity index (χ0v) is 10.7. The van der Waals surface area contributed by atoms with E-state index in [9.17, 15) is 13.2 Å². The molecule has 0 aromatic heterocycles. The molecule has 0 unspecified atom stereocenters. The molecule has 0 amide bonds. The third-order valence-electron chi connectivity index (χ3n) is 2.31. The highest BCUT2D eigenvalue weighted by Crippen LogP contribution is 2.23. The number of benzene rings is 2. The first-order valence-electron chi connectivity index (χ1n) is 5.08. The van der Waals surface area contributed by atoms with Gasteiger partial charge < -0.3 is 4.74 Å². The molecule has 0 saturated carbocycles. The molecule has 2 rings (SSSR count). The molecule has 0 bridgehead atoms. The molecule has 2 aromatic rings. The molecular formula is C13H8BrF3O. The van der Waals surface area contributed by atoms with E-state index in [1.807, 2.05) is 0 Å². The number of rotatable bonds is 3. The van der Waals surface area contributed by atoms with E-state index in [-0.39, 0.29) is 17.9 Å². The Balaban J connectivity index is 2.16. The highest BCUT2D eigenvalue weighted by Gasteiger charge is 2.10. The second-order valence-corrected chi connectivity index (χ2v) is 4.49. The normalized spacial score (nSPS) is 10.4. The average molecular weight is 317 g/mol. The van der Waals surface area contributed by atoms with Crippen LogP contribution in [0.4, 0.5) is 13.2 Å². The summed E-state index contributed by atoms with van der Waals surface area (Å²) in [6.07, 6.45) is 0. The summed E-state index contributed by atoms with van der Waals surface area (Å²) < 4.78 is 45.4. The second-order valence-electron chi connectivity index (χ2n) is 3.58.